The molecule has 0 saturated carbocycles. The summed E-state index contributed by atoms with van der Waals surface area (Å²) < 4.78 is 16.8. The van der Waals surface area contributed by atoms with Gasteiger partial charge in [-0.15, -0.1) is 0 Å². The largest absolute Gasteiger partial charge is 0.462 e. The van der Waals surface area contributed by atoms with E-state index in [0.717, 1.165) is 103 Å². The summed E-state index contributed by atoms with van der Waals surface area (Å²) in [5, 5.41) is 0. The Morgan fingerprint density at radius 3 is 0.792 bits per heavy atom. The number of esters is 3. The second-order valence-corrected chi connectivity index (χ2v) is 22.0. The fourth-order valence-corrected chi connectivity index (χ4v) is 9.48. The fraction of sp³-hybridized carbons (Fsp3) is 0.761. The van der Waals surface area contributed by atoms with Crippen molar-refractivity contribution in [2.75, 3.05) is 13.2 Å². The Balaban J connectivity index is 4.00. The van der Waals surface area contributed by atoms with E-state index in [-0.39, 0.29) is 31.1 Å². The molecule has 1 unspecified atom stereocenters. The van der Waals surface area contributed by atoms with Gasteiger partial charge in [0.05, 0.1) is 0 Å². The number of ether oxygens (including phenoxy) is 3. The fourth-order valence-electron chi connectivity index (χ4n) is 9.48. The van der Waals surface area contributed by atoms with Gasteiger partial charge in [-0.3, -0.25) is 14.4 Å². The molecule has 0 aromatic rings. The Labute approximate surface area is 477 Å². The van der Waals surface area contributed by atoms with Crippen LogP contribution in [0.15, 0.2) is 85.1 Å². The van der Waals surface area contributed by atoms with Crippen LogP contribution in [0.2, 0.25) is 0 Å². The summed E-state index contributed by atoms with van der Waals surface area (Å²) >= 11 is 0. The van der Waals surface area contributed by atoms with Gasteiger partial charge in [-0.1, -0.05) is 318 Å². The molecule has 0 aliphatic heterocycles. The first-order valence-corrected chi connectivity index (χ1v) is 33.1. The zero-order valence-electron chi connectivity index (χ0n) is 51.0. The minimum atomic E-state index is -0.770. The zero-order valence-corrected chi connectivity index (χ0v) is 51.0. The molecule has 0 radical (unpaired) electrons. The SMILES string of the molecule is CC/C=C\C/C=C\C/C=C\C/C=C\C/C=C\C/C=C\C/C=C\CCCCCCCCCCCCCCCC(=O)OCC(COC(=O)CCCCCCCC)OC(=O)CCCCCCCCCCCCCCCCCCCC. The van der Waals surface area contributed by atoms with Crippen molar-refractivity contribution in [1.29, 1.82) is 0 Å². The topological polar surface area (TPSA) is 78.9 Å². The van der Waals surface area contributed by atoms with E-state index in [2.05, 4.69) is 106 Å². The Bertz CT molecular complexity index is 1470. The Hall–Kier alpha value is -3.41. The Morgan fingerprint density at radius 2 is 0.506 bits per heavy atom. The quantitative estimate of drug-likeness (QED) is 0.0261. The first-order chi connectivity index (χ1) is 38.0. The van der Waals surface area contributed by atoms with Gasteiger partial charge in [-0.05, 0) is 77.0 Å². The maximum Gasteiger partial charge on any atom is 0.306 e. The molecule has 0 fully saturated rings. The molecule has 0 amide bonds. The monoisotopic (exact) mass is 1070 g/mol. The first kappa shape index (κ1) is 73.6. The van der Waals surface area contributed by atoms with Crippen molar-refractivity contribution in [2.24, 2.45) is 0 Å². The summed E-state index contributed by atoms with van der Waals surface area (Å²) in [6, 6.07) is 0. The summed E-state index contributed by atoms with van der Waals surface area (Å²) in [5.74, 6) is -0.867. The normalized spacial score (nSPS) is 12.6. The predicted octanol–water partition coefficient (Wildman–Crippen LogP) is 22.7. The van der Waals surface area contributed by atoms with Crippen molar-refractivity contribution in [3.63, 3.8) is 0 Å². The average molecular weight is 1070 g/mol. The van der Waals surface area contributed by atoms with Crippen molar-refractivity contribution in [3.05, 3.63) is 85.1 Å². The molecule has 0 saturated heterocycles. The van der Waals surface area contributed by atoms with Gasteiger partial charge in [-0.2, -0.15) is 0 Å². The molecule has 6 heteroatoms. The lowest BCUT2D eigenvalue weighted by atomic mass is 10.0. The lowest BCUT2D eigenvalue weighted by Gasteiger charge is -2.18. The van der Waals surface area contributed by atoms with Crippen LogP contribution < -0.4 is 0 Å². The van der Waals surface area contributed by atoms with Gasteiger partial charge in [0.15, 0.2) is 6.10 Å². The van der Waals surface area contributed by atoms with E-state index >= 15 is 0 Å². The van der Waals surface area contributed by atoms with E-state index in [1.54, 1.807) is 0 Å². The van der Waals surface area contributed by atoms with Crippen LogP contribution in [0.4, 0.5) is 0 Å². The lowest BCUT2D eigenvalue weighted by molar-refractivity contribution is -0.167. The standard InChI is InChI=1S/C71H124O6/c1-4-7-10-13-16-18-20-22-24-26-28-29-30-31-32-33-34-35-36-37-38-39-40-41-42-43-44-46-47-49-51-53-55-58-61-64-70(73)76-67-68(66-75-69(72)63-60-57-15-12-9-6-3)77-71(74)65-62-59-56-54-52-50-48-45-27-25-23-21-19-17-14-11-8-5-2/h7,10,16,18,22,24,28-29,31-32,34-35,37-38,68H,4-6,8-9,11-15,17,19-21,23,25-27,30,33,36,39-67H2,1-3H3/b10-7-,18-16-,24-22-,29-28-,32-31-,35-34-,38-37-. The van der Waals surface area contributed by atoms with Crippen LogP contribution in [0, 0.1) is 0 Å². The molecule has 0 spiro atoms. The average Bonchev–Trinajstić information content (AvgIpc) is 3.43. The third kappa shape index (κ3) is 63.3. The molecule has 1 atom stereocenters. The van der Waals surface area contributed by atoms with Crippen molar-refractivity contribution < 1.29 is 28.6 Å². The van der Waals surface area contributed by atoms with Crippen LogP contribution >= 0.6 is 0 Å². The molecular weight excluding hydrogens is 949 g/mol. The van der Waals surface area contributed by atoms with Crippen LogP contribution in [0.5, 0.6) is 0 Å². The molecule has 0 bridgehead atoms. The van der Waals surface area contributed by atoms with Crippen molar-refractivity contribution in [2.45, 2.75) is 335 Å². The maximum atomic E-state index is 12.8. The number of carbonyl (C=O) groups is 3. The Morgan fingerprint density at radius 1 is 0.273 bits per heavy atom. The Kier molecular flexibility index (Phi) is 62.2. The van der Waals surface area contributed by atoms with Gasteiger partial charge < -0.3 is 14.2 Å². The van der Waals surface area contributed by atoms with E-state index < -0.39 is 6.10 Å². The molecule has 0 aliphatic rings. The van der Waals surface area contributed by atoms with Crippen molar-refractivity contribution in [3.8, 4) is 0 Å². The zero-order chi connectivity index (χ0) is 55.7. The maximum absolute atomic E-state index is 12.8. The number of hydrogen-bond acceptors (Lipinski definition) is 6. The molecule has 0 N–H and O–H groups in total. The van der Waals surface area contributed by atoms with E-state index in [9.17, 15) is 14.4 Å². The van der Waals surface area contributed by atoms with Crippen molar-refractivity contribution >= 4 is 17.9 Å². The number of rotatable bonds is 60. The summed E-state index contributed by atoms with van der Waals surface area (Å²) in [5.41, 5.74) is 0. The number of hydrogen-bond donors (Lipinski definition) is 0. The van der Waals surface area contributed by atoms with Gasteiger partial charge in [0.2, 0.25) is 0 Å². The third-order valence-electron chi connectivity index (χ3n) is 14.4. The van der Waals surface area contributed by atoms with Crippen LogP contribution in [-0.2, 0) is 28.6 Å². The highest BCUT2D eigenvalue weighted by atomic mass is 16.6. The first-order valence-electron chi connectivity index (χ1n) is 33.1. The molecule has 0 aliphatic carbocycles. The molecular formula is C71H124O6. The highest BCUT2D eigenvalue weighted by molar-refractivity contribution is 5.71. The molecule has 0 aromatic heterocycles. The lowest BCUT2D eigenvalue weighted by Crippen LogP contribution is -2.30. The summed E-state index contributed by atoms with van der Waals surface area (Å²) in [6.07, 6.45) is 86.4. The molecule has 0 heterocycles. The molecule has 6 nitrogen and oxygen atoms in total. The number of unbranched alkanes of at least 4 members (excludes halogenated alkanes) is 35. The predicted molar refractivity (Wildman–Crippen MR) is 334 cm³/mol. The molecule has 0 aromatic carbocycles. The van der Waals surface area contributed by atoms with Gasteiger partial charge >= 0.3 is 17.9 Å². The highest BCUT2D eigenvalue weighted by Crippen LogP contribution is 2.17. The smallest absolute Gasteiger partial charge is 0.306 e. The van der Waals surface area contributed by atoms with Crippen molar-refractivity contribution in [1.82, 2.24) is 0 Å². The third-order valence-corrected chi connectivity index (χ3v) is 14.4. The van der Waals surface area contributed by atoms with Crippen LogP contribution in [-0.4, -0.2) is 37.2 Å². The van der Waals surface area contributed by atoms with Gasteiger partial charge in [0.25, 0.3) is 0 Å². The number of carbonyl (C=O) groups excluding carboxylic acids is 3. The molecule has 0 rings (SSSR count). The summed E-state index contributed by atoms with van der Waals surface area (Å²) in [4.78, 5) is 38.0. The van der Waals surface area contributed by atoms with Crippen LogP contribution in [0.3, 0.4) is 0 Å². The van der Waals surface area contributed by atoms with E-state index in [4.69, 9.17) is 14.2 Å². The van der Waals surface area contributed by atoms with E-state index in [1.165, 1.54) is 186 Å². The summed E-state index contributed by atoms with van der Waals surface area (Å²) in [6.45, 7) is 6.50. The van der Waals surface area contributed by atoms with Crippen LogP contribution in [0.25, 0.3) is 0 Å². The summed E-state index contributed by atoms with van der Waals surface area (Å²) in [7, 11) is 0. The van der Waals surface area contributed by atoms with Gasteiger partial charge in [0, 0.05) is 19.3 Å². The van der Waals surface area contributed by atoms with Gasteiger partial charge in [0.1, 0.15) is 13.2 Å². The molecule has 444 valence electrons. The number of allylic oxidation sites excluding steroid dienone is 14. The minimum Gasteiger partial charge on any atom is -0.462 e. The van der Waals surface area contributed by atoms with E-state index in [0.29, 0.717) is 19.3 Å². The minimum absolute atomic E-state index is 0.0715. The van der Waals surface area contributed by atoms with Crippen LogP contribution in [0.1, 0.15) is 329 Å². The highest BCUT2D eigenvalue weighted by Gasteiger charge is 2.19. The second kappa shape index (κ2) is 65.1. The van der Waals surface area contributed by atoms with Gasteiger partial charge in [-0.25, -0.2) is 0 Å². The second-order valence-electron chi connectivity index (χ2n) is 22.0. The van der Waals surface area contributed by atoms with E-state index in [1.807, 2.05) is 0 Å². The molecule has 77 heavy (non-hydrogen) atoms.